The predicted octanol–water partition coefficient (Wildman–Crippen LogP) is 4.28. The molecule has 0 spiro atoms. The molecule has 0 fully saturated rings. The summed E-state index contributed by atoms with van der Waals surface area (Å²) < 4.78 is 25.7. The van der Waals surface area contributed by atoms with Crippen molar-refractivity contribution in [1.29, 1.82) is 0 Å². The van der Waals surface area contributed by atoms with E-state index in [0.717, 1.165) is 12.1 Å². The van der Waals surface area contributed by atoms with Crippen molar-refractivity contribution >= 4 is 29.0 Å². The monoisotopic (exact) mass is 288 g/mol. The Morgan fingerprint density at radius 2 is 1.89 bits per heavy atom. The van der Waals surface area contributed by atoms with Crippen molar-refractivity contribution in [2.45, 2.75) is 6.54 Å². The van der Waals surface area contributed by atoms with Crippen LogP contribution in [-0.4, -0.2) is 4.98 Å². The lowest BCUT2D eigenvalue weighted by atomic mass is 10.2. The van der Waals surface area contributed by atoms with Crippen molar-refractivity contribution in [3.05, 3.63) is 57.7 Å². The molecule has 2 nitrogen and oxygen atoms in total. The SMILES string of the molecule is Fc1ccc(CNc2ncc(Cl)cc2Cl)cc1F. The van der Waals surface area contributed by atoms with Crippen LogP contribution >= 0.6 is 23.2 Å². The molecule has 1 aromatic heterocycles. The molecule has 94 valence electrons. The van der Waals surface area contributed by atoms with E-state index in [9.17, 15) is 8.78 Å². The van der Waals surface area contributed by atoms with Crippen molar-refractivity contribution < 1.29 is 8.78 Å². The summed E-state index contributed by atoms with van der Waals surface area (Å²) in [5.41, 5.74) is 0.585. The molecule has 0 aliphatic rings. The molecule has 0 unspecified atom stereocenters. The molecular weight excluding hydrogens is 281 g/mol. The van der Waals surface area contributed by atoms with Gasteiger partial charge in [0.2, 0.25) is 0 Å². The maximum absolute atomic E-state index is 13.0. The minimum Gasteiger partial charge on any atom is -0.365 e. The molecule has 0 aliphatic heterocycles. The molecule has 18 heavy (non-hydrogen) atoms. The Morgan fingerprint density at radius 1 is 1.11 bits per heavy atom. The Morgan fingerprint density at radius 3 is 2.56 bits per heavy atom. The molecule has 0 bridgehead atoms. The van der Waals surface area contributed by atoms with Crippen molar-refractivity contribution in [3.8, 4) is 0 Å². The average Bonchev–Trinajstić information content (AvgIpc) is 2.32. The third kappa shape index (κ3) is 3.09. The Balaban J connectivity index is 2.09. The van der Waals surface area contributed by atoms with Crippen LogP contribution < -0.4 is 5.32 Å². The summed E-state index contributed by atoms with van der Waals surface area (Å²) in [7, 11) is 0. The van der Waals surface area contributed by atoms with Gasteiger partial charge in [0, 0.05) is 12.7 Å². The minimum absolute atomic E-state index is 0.283. The van der Waals surface area contributed by atoms with Gasteiger partial charge in [0.25, 0.3) is 0 Å². The van der Waals surface area contributed by atoms with Gasteiger partial charge in [-0.2, -0.15) is 0 Å². The van der Waals surface area contributed by atoms with Gasteiger partial charge in [0.05, 0.1) is 10.0 Å². The zero-order chi connectivity index (χ0) is 13.1. The van der Waals surface area contributed by atoms with Gasteiger partial charge in [0.1, 0.15) is 5.82 Å². The molecule has 0 radical (unpaired) electrons. The second-order valence-corrected chi connectivity index (χ2v) is 4.43. The number of hydrogen-bond acceptors (Lipinski definition) is 2. The summed E-state index contributed by atoms with van der Waals surface area (Å²) in [5, 5.41) is 3.71. The molecule has 0 saturated heterocycles. The van der Waals surface area contributed by atoms with E-state index < -0.39 is 11.6 Å². The lowest BCUT2D eigenvalue weighted by molar-refractivity contribution is 0.507. The van der Waals surface area contributed by atoms with Crippen LogP contribution in [-0.2, 0) is 6.54 Å². The van der Waals surface area contributed by atoms with Crippen LogP contribution in [0, 0.1) is 11.6 Å². The van der Waals surface area contributed by atoms with Crippen molar-refractivity contribution in [1.82, 2.24) is 4.98 Å². The fourth-order valence-electron chi connectivity index (χ4n) is 1.38. The molecule has 1 N–H and O–H groups in total. The van der Waals surface area contributed by atoms with Gasteiger partial charge >= 0.3 is 0 Å². The number of nitrogens with one attached hydrogen (secondary N) is 1. The minimum atomic E-state index is -0.885. The first-order valence-corrected chi connectivity index (χ1v) is 5.80. The van der Waals surface area contributed by atoms with Crippen molar-refractivity contribution in [2.24, 2.45) is 0 Å². The number of aromatic nitrogens is 1. The van der Waals surface area contributed by atoms with Crippen LogP contribution in [0.5, 0.6) is 0 Å². The van der Waals surface area contributed by atoms with E-state index in [-0.39, 0.29) is 6.54 Å². The second kappa shape index (κ2) is 5.50. The van der Waals surface area contributed by atoms with E-state index in [1.165, 1.54) is 12.3 Å². The van der Waals surface area contributed by atoms with Gasteiger partial charge in [-0.3, -0.25) is 0 Å². The van der Waals surface area contributed by atoms with E-state index in [2.05, 4.69) is 10.3 Å². The summed E-state index contributed by atoms with van der Waals surface area (Å²) in [4.78, 5) is 3.99. The van der Waals surface area contributed by atoms with Crippen LogP contribution in [0.1, 0.15) is 5.56 Å². The topological polar surface area (TPSA) is 24.9 Å². The van der Waals surface area contributed by atoms with E-state index in [1.807, 2.05) is 0 Å². The smallest absolute Gasteiger partial charge is 0.159 e. The number of anilines is 1. The van der Waals surface area contributed by atoms with Crippen LogP contribution in [0.4, 0.5) is 14.6 Å². The summed E-state index contributed by atoms with van der Waals surface area (Å²) in [6, 6.07) is 5.22. The largest absolute Gasteiger partial charge is 0.365 e. The fourth-order valence-corrected chi connectivity index (χ4v) is 1.83. The summed E-state index contributed by atoms with van der Waals surface area (Å²) in [6.07, 6.45) is 1.45. The molecular formula is C12H8Cl2F2N2. The number of benzene rings is 1. The standard InChI is InChI=1S/C12H8Cl2F2N2/c13-8-4-9(14)12(18-6-8)17-5-7-1-2-10(15)11(16)3-7/h1-4,6H,5H2,(H,17,18). The maximum atomic E-state index is 13.0. The molecule has 2 aromatic rings. The highest BCUT2D eigenvalue weighted by molar-refractivity contribution is 6.35. The van der Waals surface area contributed by atoms with Gasteiger partial charge in [-0.1, -0.05) is 29.3 Å². The van der Waals surface area contributed by atoms with Crippen LogP contribution in [0.3, 0.4) is 0 Å². The van der Waals surface area contributed by atoms with Crippen LogP contribution in [0.15, 0.2) is 30.5 Å². The molecule has 2 rings (SSSR count). The van der Waals surface area contributed by atoms with E-state index >= 15 is 0 Å². The third-order valence-corrected chi connectivity index (χ3v) is 2.75. The van der Waals surface area contributed by atoms with Gasteiger partial charge in [-0.05, 0) is 23.8 Å². The Kier molecular flexibility index (Phi) is 3.99. The number of halogens is 4. The molecule has 0 amide bonds. The third-order valence-electron chi connectivity index (χ3n) is 2.25. The quantitative estimate of drug-likeness (QED) is 0.912. The zero-order valence-corrected chi connectivity index (χ0v) is 10.6. The zero-order valence-electron chi connectivity index (χ0n) is 9.05. The lowest BCUT2D eigenvalue weighted by Gasteiger charge is -2.07. The predicted molar refractivity (Wildman–Crippen MR) is 67.9 cm³/mol. The van der Waals surface area contributed by atoms with Crippen LogP contribution in [0.25, 0.3) is 0 Å². The van der Waals surface area contributed by atoms with Gasteiger partial charge < -0.3 is 5.32 Å². The molecule has 0 atom stereocenters. The first kappa shape index (κ1) is 13.1. The van der Waals surface area contributed by atoms with Gasteiger partial charge in [-0.15, -0.1) is 0 Å². The Hall–Kier alpha value is -1.39. The summed E-state index contributed by atoms with van der Waals surface area (Å²) in [6.45, 7) is 0.283. The molecule has 0 saturated carbocycles. The average molecular weight is 289 g/mol. The number of pyridine rings is 1. The molecule has 6 heteroatoms. The summed E-state index contributed by atoms with van der Waals surface area (Å²) in [5.74, 6) is -1.32. The van der Waals surface area contributed by atoms with E-state index in [0.29, 0.717) is 21.4 Å². The van der Waals surface area contributed by atoms with Gasteiger partial charge in [-0.25, -0.2) is 13.8 Å². The molecule has 0 aliphatic carbocycles. The van der Waals surface area contributed by atoms with Crippen molar-refractivity contribution in [3.63, 3.8) is 0 Å². The lowest BCUT2D eigenvalue weighted by Crippen LogP contribution is -2.02. The Labute approximate surface area is 113 Å². The van der Waals surface area contributed by atoms with E-state index in [4.69, 9.17) is 23.2 Å². The number of rotatable bonds is 3. The highest BCUT2D eigenvalue weighted by Gasteiger charge is 2.05. The van der Waals surface area contributed by atoms with Gasteiger partial charge in [0.15, 0.2) is 11.6 Å². The van der Waals surface area contributed by atoms with Crippen LogP contribution in [0.2, 0.25) is 10.0 Å². The second-order valence-electron chi connectivity index (χ2n) is 3.59. The molecule has 1 heterocycles. The number of hydrogen-bond donors (Lipinski definition) is 1. The highest BCUT2D eigenvalue weighted by Crippen LogP contribution is 2.23. The first-order valence-electron chi connectivity index (χ1n) is 5.05. The molecule has 1 aromatic carbocycles. The summed E-state index contributed by atoms with van der Waals surface area (Å²) >= 11 is 11.6. The Bertz CT molecular complexity index is 576. The maximum Gasteiger partial charge on any atom is 0.159 e. The normalized spacial score (nSPS) is 10.4. The van der Waals surface area contributed by atoms with Crippen molar-refractivity contribution in [2.75, 3.05) is 5.32 Å². The van der Waals surface area contributed by atoms with E-state index in [1.54, 1.807) is 6.07 Å². The fraction of sp³-hybridized carbons (Fsp3) is 0.0833. The number of nitrogens with zero attached hydrogens (tertiary/aromatic N) is 1. The first-order chi connectivity index (χ1) is 8.56. The highest BCUT2D eigenvalue weighted by atomic mass is 35.5.